The molecule has 6 nitrogen and oxygen atoms in total. The summed E-state index contributed by atoms with van der Waals surface area (Å²) in [4.78, 5) is 25.2. The first-order valence-corrected chi connectivity index (χ1v) is 9.47. The SMILES string of the molecule is Cc1ccc2c(c1)c1n[nH]c(C)c1c(=O)n2CCCNC(=O)c1ccc(F)cc1. The molecule has 2 aromatic carbocycles. The maximum Gasteiger partial charge on any atom is 0.262 e. The first-order chi connectivity index (χ1) is 14.0. The number of H-pyrrole nitrogens is 1. The highest BCUT2D eigenvalue weighted by molar-refractivity contribution is 6.04. The molecule has 0 spiro atoms. The highest BCUT2D eigenvalue weighted by atomic mass is 19.1. The number of benzene rings is 2. The average Bonchev–Trinajstić information content (AvgIpc) is 3.10. The molecule has 0 aliphatic heterocycles. The molecule has 148 valence electrons. The maximum atomic E-state index is 13.1. The van der Waals surface area contributed by atoms with Crippen LogP contribution >= 0.6 is 0 Å². The third-order valence-corrected chi connectivity index (χ3v) is 5.05. The normalized spacial score (nSPS) is 11.3. The number of aryl methyl sites for hydroxylation is 3. The van der Waals surface area contributed by atoms with Crippen molar-refractivity contribution in [1.29, 1.82) is 0 Å². The van der Waals surface area contributed by atoms with Crippen LogP contribution in [0.1, 0.15) is 28.0 Å². The molecular formula is C22H21FN4O2. The van der Waals surface area contributed by atoms with E-state index in [1.807, 2.05) is 32.0 Å². The van der Waals surface area contributed by atoms with Crippen LogP contribution in [0.3, 0.4) is 0 Å². The number of nitrogens with zero attached hydrogens (tertiary/aromatic N) is 2. The average molecular weight is 392 g/mol. The van der Waals surface area contributed by atoms with Gasteiger partial charge in [0.1, 0.15) is 11.3 Å². The molecule has 4 rings (SSSR count). The lowest BCUT2D eigenvalue weighted by atomic mass is 10.1. The number of pyridine rings is 1. The zero-order chi connectivity index (χ0) is 20.5. The Hall–Kier alpha value is -3.48. The molecule has 0 radical (unpaired) electrons. The largest absolute Gasteiger partial charge is 0.352 e. The number of halogens is 1. The molecule has 2 heterocycles. The Morgan fingerprint density at radius 2 is 1.93 bits per heavy atom. The van der Waals surface area contributed by atoms with E-state index in [-0.39, 0.29) is 17.3 Å². The molecule has 0 saturated heterocycles. The molecule has 0 atom stereocenters. The fourth-order valence-corrected chi connectivity index (χ4v) is 3.57. The summed E-state index contributed by atoms with van der Waals surface area (Å²) in [5, 5.41) is 11.6. The van der Waals surface area contributed by atoms with Gasteiger partial charge in [0.15, 0.2) is 0 Å². The molecule has 0 unspecified atom stereocenters. The van der Waals surface area contributed by atoms with E-state index in [9.17, 15) is 14.0 Å². The lowest BCUT2D eigenvalue weighted by Gasteiger charge is -2.12. The Morgan fingerprint density at radius 3 is 2.69 bits per heavy atom. The first kappa shape index (κ1) is 18.9. The summed E-state index contributed by atoms with van der Waals surface area (Å²) in [6.45, 7) is 4.71. The van der Waals surface area contributed by atoms with Crippen LogP contribution in [-0.2, 0) is 6.54 Å². The van der Waals surface area contributed by atoms with Gasteiger partial charge in [-0.05, 0) is 56.7 Å². The summed E-state index contributed by atoms with van der Waals surface area (Å²) in [5.74, 6) is -0.646. The lowest BCUT2D eigenvalue weighted by molar-refractivity contribution is 0.0952. The Morgan fingerprint density at radius 1 is 1.17 bits per heavy atom. The van der Waals surface area contributed by atoms with Crippen molar-refractivity contribution in [3.63, 3.8) is 0 Å². The Balaban J connectivity index is 1.56. The number of aromatic nitrogens is 3. The van der Waals surface area contributed by atoms with Gasteiger partial charge in [-0.2, -0.15) is 5.10 Å². The third-order valence-electron chi connectivity index (χ3n) is 5.05. The van der Waals surface area contributed by atoms with Gasteiger partial charge in [-0.25, -0.2) is 4.39 Å². The van der Waals surface area contributed by atoms with E-state index < -0.39 is 0 Å². The molecule has 0 fully saturated rings. The molecule has 2 N–H and O–H groups in total. The number of nitrogens with one attached hydrogen (secondary N) is 2. The van der Waals surface area contributed by atoms with Gasteiger partial charge in [-0.15, -0.1) is 0 Å². The van der Waals surface area contributed by atoms with Crippen LogP contribution in [0.4, 0.5) is 4.39 Å². The highest BCUT2D eigenvalue weighted by Crippen LogP contribution is 2.24. The van der Waals surface area contributed by atoms with Crippen LogP contribution in [0.5, 0.6) is 0 Å². The number of amides is 1. The van der Waals surface area contributed by atoms with Gasteiger partial charge in [-0.1, -0.05) is 11.6 Å². The van der Waals surface area contributed by atoms with E-state index >= 15 is 0 Å². The van der Waals surface area contributed by atoms with E-state index in [1.165, 1.54) is 24.3 Å². The summed E-state index contributed by atoms with van der Waals surface area (Å²) >= 11 is 0. The lowest BCUT2D eigenvalue weighted by Crippen LogP contribution is -2.27. The van der Waals surface area contributed by atoms with Crippen molar-refractivity contribution in [1.82, 2.24) is 20.1 Å². The summed E-state index contributed by atoms with van der Waals surface area (Å²) in [6, 6.07) is 11.3. The predicted molar refractivity (Wildman–Crippen MR) is 111 cm³/mol. The molecule has 4 aromatic rings. The fourth-order valence-electron chi connectivity index (χ4n) is 3.57. The van der Waals surface area contributed by atoms with Crippen LogP contribution in [0.15, 0.2) is 47.3 Å². The summed E-state index contributed by atoms with van der Waals surface area (Å²) in [6.07, 6.45) is 0.582. The highest BCUT2D eigenvalue weighted by Gasteiger charge is 2.15. The summed E-state index contributed by atoms with van der Waals surface area (Å²) < 4.78 is 14.7. The third kappa shape index (κ3) is 3.51. The molecule has 0 aliphatic carbocycles. The number of hydrogen-bond acceptors (Lipinski definition) is 3. The van der Waals surface area contributed by atoms with Crippen LogP contribution in [0.25, 0.3) is 21.8 Å². The minimum absolute atomic E-state index is 0.0903. The molecular weight excluding hydrogens is 371 g/mol. The van der Waals surface area contributed by atoms with E-state index in [0.717, 1.165) is 22.2 Å². The van der Waals surface area contributed by atoms with E-state index in [1.54, 1.807) is 4.57 Å². The van der Waals surface area contributed by atoms with Gasteiger partial charge in [0.25, 0.3) is 11.5 Å². The van der Waals surface area contributed by atoms with Gasteiger partial charge in [0, 0.05) is 29.7 Å². The van der Waals surface area contributed by atoms with Crippen molar-refractivity contribution < 1.29 is 9.18 Å². The number of aromatic amines is 1. The van der Waals surface area contributed by atoms with Crippen molar-refractivity contribution in [2.45, 2.75) is 26.8 Å². The number of carbonyl (C=O) groups excluding carboxylic acids is 1. The van der Waals surface area contributed by atoms with Crippen molar-refractivity contribution in [2.75, 3.05) is 6.54 Å². The molecule has 0 bridgehead atoms. The van der Waals surface area contributed by atoms with Crippen LogP contribution in [-0.4, -0.2) is 27.2 Å². The number of hydrogen-bond donors (Lipinski definition) is 2. The Kier molecular flexibility index (Phi) is 4.88. The minimum atomic E-state index is -0.382. The molecule has 0 saturated carbocycles. The van der Waals surface area contributed by atoms with Crippen molar-refractivity contribution >= 4 is 27.7 Å². The quantitative estimate of drug-likeness (QED) is 0.511. The van der Waals surface area contributed by atoms with Crippen LogP contribution in [0, 0.1) is 19.7 Å². The second-order valence-corrected chi connectivity index (χ2v) is 7.17. The molecule has 7 heteroatoms. The van der Waals surface area contributed by atoms with Crippen molar-refractivity contribution in [2.24, 2.45) is 0 Å². The van der Waals surface area contributed by atoms with Gasteiger partial charge in [0.05, 0.1) is 10.9 Å². The summed E-state index contributed by atoms with van der Waals surface area (Å²) in [5.41, 5.74) is 3.66. The molecule has 0 aliphatic rings. The van der Waals surface area contributed by atoms with E-state index in [0.29, 0.717) is 36.0 Å². The summed E-state index contributed by atoms with van der Waals surface area (Å²) in [7, 11) is 0. The van der Waals surface area contributed by atoms with Crippen molar-refractivity contribution in [3.8, 4) is 0 Å². The standard InChI is InChI=1S/C22H21FN4O2/c1-13-4-9-18-17(12-13)20-19(14(2)25-26-20)22(29)27(18)11-3-10-24-21(28)15-5-7-16(23)8-6-15/h4-9,12H,3,10-11H2,1-2H3,(H,24,28)(H,25,26). The van der Waals surface area contributed by atoms with Gasteiger partial charge < -0.3 is 9.88 Å². The minimum Gasteiger partial charge on any atom is -0.352 e. The number of fused-ring (bicyclic) bond motifs is 3. The monoisotopic (exact) mass is 392 g/mol. The zero-order valence-corrected chi connectivity index (χ0v) is 16.3. The molecule has 1 amide bonds. The second-order valence-electron chi connectivity index (χ2n) is 7.17. The van der Waals surface area contributed by atoms with Gasteiger partial charge in [0.2, 0.25) is 0 Å². The Labute approximate surface area is 166 Å². The van der Waals surface area contributed by atoms with E-state index in [2.05, 4.69) is 15.5 Å². The molecule has 2 aromatic heterocycles. The topological polar surface area (TPSA) is 79.8 Å². The van der Waals surface area contributed by atoms with Gasteiger partial charge >= 0.3 is 0 Å². The zero-order valence-electron chi connectivity index (χ0n) is 16.3. The first-order valence-electron chi connectivity index (χ1n) is 9.47. The van der Waals surface area contributed by atoms with Crippen LogP contribution in [0.2, 0.25) is 0 Å². The number of rotatable bonds is 5. The maximum absolute atomic E-state index is 13.1. The second kappa shape index (κ2) is 7.50. The van der Waals surface area contributed by atoms with E-state index in [4.69, 9.17) is 0 Å². The fraction of sp³-hybridized carbons (Fsp3) is 0.227. The number of carbonyl (C=O) groups is 1. The smallest absolute Gasteiger partial charge is 0.262 e. The van der Waals surface area contributed by atoms with Crippen LogP contribution < -0.4 is 10.9 Å². The molecule has 29 heavy (non-hydrogen) atoms. The predicted octanol–water partition coefficient (Wildman–Crippen LogP) is 3.45. The Bertz CT molecular complexity index is 1270. The van der Waals surface area contributed by atoms with Gasteiger partial charge in [-0.3, -0.25) is 14.7 Å². The van der Waals surface area contributed by atoms with Crippen molar-refractivity contribution in [3.05, 3.63) is 75.5 Å².